The molecule has 0 saturated carbocycles. The number of carbonyl (C=O) groups is 1. The molecule has 5 nitrogen and oxygen atoms in total. The van der Waals surface area contributed by atoms with Crippen molar-refractivity contribution < 1.29 is 14.3 Å². The first-order valence-corrected chi connectivity index (χ1v) is 9.82. The standard InChI is InChI=1S/C22H24N2O3S/c1-14-5-7-16(8-6-14)22-20(28-15(2)24-22)12-21(25)23-13-17-9-10-18(26-3)11-19(17)27-4/h5-11H,12-13H2,1-4H3,(H,23,25). The van der Waals surface area contributed by atoms with Crippen molar-refractivity contribution in [3.63, 3.8) is 0 Å². The van der Waals surface area contributed by atoms with Crippen molar-refractivity contribution in [1.82, 2.24) is 10.3 Å². The molecule has 0 aliphatic carbocycles. The lowest BCUT2D eigenvalue weighted by Gasteiger charge is -2.11. The number of rotatable bonds is 7. The first-order chi connectivity index (χ1) is 13.5. The average molecular weight is 397 g/mol. The molecule has 0 aliphatic heterocycles. The predicted molar refractivity (Wildman–Crippen MR) is 112 cm³/mol. The fourth-order valence-electron chi connectivity index (χ4n) is 2.93. The van der Waals surface area contributed by atoms with Crippen molar-refractivity contribution in [2.75, 3.05) is 14.2 Å². The van der Waals surface area contributed by atoms with E-state index in [1.54, 1.807) is 25.6 Å². The van der Waals surface area contributed by atoms with E-state index in [0.717, 1.165) is 32.5 Å². The first-order valence-electron chi connectivity index (χ1n) is 9.01. The van der Waals surface area contributed by atoms with E-state index in [-0.39, 0.29) is 5.91 Å². The number of nitrogens with zero attached hydrogens (tertiary/aromatic N) is 1. The Morgan fingerprint density at radius 2 is 1.82 bits per heavy atom. The van der Waals surface area contributed by atoms with Crippen LogP contribution < -0.4 is 14.8 Å². The maximum absolute atomic E-state index is 12.6. The Balaban J connectivity index is 1.70. The molecule has 0 fully saturated rings. The number of methoxy groups -OCH3 is 2. The molecule has 3 aromatic rings. The molecule has 1 heterocycles. The molecule has 146 valence electrons. The van der Waals surface area contributed by atoms with Crippen molar-refractivity contribution in [3.05, 3.63) is 63.5 Å². The van der Waals surface area contributed by atoms with Crippen LogP contribution in [0.4, 0.5) is 0 Å². The van der Waals surface area contributed by atoms with E-state index >= 15 is 0 Å². The predicted octanol–water partition coefficient (Wildman–Crippen LogP) is 4.30. The third kappa shape index (κ3) is 4.70. The number of thiazole rings is 1. The van der Waals surface area contributed by atoms with Gasteiger partial charge in [0.05, 0.1) is 31.3 Å². The molecule has 1 aromatic heterocycles. The Labute approximate surface area is 169 Å². The van der Waals surface area contributed by atoms with Crippen LogP contribution in [0.1, 0.15) is 21.0 Å². The molecule has 0 radical (unpaired) electrons. The Bertz CT molecular complexity index is 964. The number of nitrogens with one attached hydrogen (secondary N) is 1. The maximum Gasteiger partial charge on any atom is 0.225 e. The van der Waals surface area contributed by atoms with E-state index in [1.807, 2.05) is 37.3 Å². The molecular formula is C22H24N2O3S. The van der Waals surface area contributed by atoms with Gasteiger partial charge in [0, 0.05) is 28.6 Å². The Kier molecular flexibility index (Phi) is 6.31. The Hall–Kier alpha value is -2.86. The van der Waals surface area contributed by atoms with Crippen LogP contribution in [0.2, 0.25) is 0 Å². The number of aromatic nitrogens is 1. The molecule has 3 rings (SSSR count). The van der Waals surface area contributed by atoms with E-state index in [0.29, 0.717) is 18.7 Å². The van der Waals surface area contributed by atoms with E-state index < -0.39 is 0 Å². The van der Waals surface area contributed by atoms with Crippen molar-refractivity contribution in [2.45, 2.75) is 26.8 Å². The summed E-state index contributed by atoms with van der Waals surface area (Å²) in [5, 5.41) is 3.93. The van der Waals surface area contributed by atoms with Crippen molar-refractivity contribution in [2.24, 2.45) is 0 Å². The summed E-state index contributed by atoms with van der Waals surface area (Å²) < 4.78 is 10.6. The summed E-state index contributed by atoms with van der Waals surface area (Å²) in [7, 11) is 3.22. The number of aryl methyl sites for hydroxylation is 2. The van der Waals surface area contributed by atoms with Crippen LogP contribution in [-0.2, 0) is 17.8 Å². The molecule has 0 atom stereocenters. The number of carbonyl (C=O) groups excluding carboxylic acids is 1. The van der Waals surface area contributed by atoms with Gasteiger partial charge >= 0.3 is 0 Å². The van der Waals surface area contributed by atoms with Gasteiger partial charge in [-0.05, 0) is 26.0 Å². The Morgan fingerprint density at radius 3 is 2.50 bits per heavy atom. The SMILES string of the molecule is COc1ccc(CNC(=O)Cc2sc(C)nc2-c2ccc(C)cc2)c(OC)c1. The number of hydrogen-bond acceptors (Lipinski definition) is 5. The number of amides is 1. The molecule has 0 spiro atoms. The molecule has 1 N–H and O–H groups in total. The average Bonchev–Trinajstić information content (AvgIpc) is 3.06. The second-order valence-electron chi connectivity index (χ2n) is 6.50. The van der Waals surface area contributed by atoms with Gasteiger partial charge in [-0.1, -0.05) is 29.8 Å². The molecule has 0 bridgehead atoms. The van der Waals surface area contributed by atoms with Gasteiger partial charge in [-0.15, -0.1) is 11.3 Å². The molecule has 0 aliphatic rings. The number of ether oxygens (including phenoxy) is 2. The van der Waals surface area contributed by atoms with Gasteiger partial charge in [-0.25, -0.2) is 4.98 Å². The highest BCUT2D eigenvalue weighted by molar-refractivity contribution is 7.12. The van der Waals surface area contributed by atoms with Crippen LogP contribution in [0.5, 0.6) is 11.5 Å². The number of benzene rings is 2. The summed E-state index contributed by atoms with van der Waals surface area (Å²) in [6.45, 7) is 4.41. The normalized spacial score (nSPS) is 10.6. The van der Waals surface area contributed by atoms with E-state index in [2.05, 4.69) is 29.4 Å². The quantitative estimate of drug-likeness (QED) is 0.647. The van der Waals surface area contributed by atoms with Crippen molar-refractivity contribution in [3.8, 4) is 22.8 Å². The monoisotopic (exact) mass is 396 g/mol. The number of hydrogen-bond donors (Lipinski definition) is 1. The van der Waals surface area contributed by atoms with Gasteiger partial charge in [0.2, 0.25) is 5.91 Å². The summed E-state index contributed by atoms with van der Waals surface area (Å²) >= 11 is 1.56. The lowest BCUT2D eigenvalue weighted by atomic mass is 10.1. The van der Waals surface area contributed by atoms with Crippen molar-refractivity contribution in [1.29, 1.82) is 0 Å². The van der Waals surface area contributed by atoms with Crippen LogP contribution in [0.25, 0.3) is 11.3 Å². The highest BCUT2D eigenvalue weighted by Gasteiger charge is 2.15. The van der Waals surface area contributed by atoms with Gasteiger partial charge < -0.3 is 14.8 Å². The molecule has 1 amide bonds. The molecular weight excluding hydrogens is 372 g/mol. The summed E-state index contributed by atoms with van der Waals surface area (Å²) in [5.41, 5.74) is 4.02. The highest BCUT2D eigenvalue weighted by Crippen LogP contribution is 2.29. The minimum Gasteiger partial charge on any atom is -0.497 e. The van der Waals surface area contributed by atoms with Gasteiger partial charge in [-0.2, -0.15) is 0 Å². The maximum atomic E-state index is 12.6. The minimum atomic E-state index is -0.0464. The van der Waals surface area contributed by atoms with Crippen LogP contribution in [0.15, 0.2) is 42.5 Å². The van der Waals surface area contributed by atoms with E-state index in [1.165, 1.54) is 5.56 Å². The summed E-state index contributed by atoms with van der Waals surface area (Å²) in [4.78, 5) is 18.2. The van der Waals surface area contributed by atoms with Gasteiger partial charge in [-0.3, -0.25) is 4.79 Å². The second kappa shape index (κ2) is 8.89. The van der Waals surface area contributed by atoms with Crippen LogP contribution in [0.3, 0.4) is 0 Å². The van der Waals surface area contributed by atoms with Crippen LogP contribution in [-0.4, -0.2) is 25.1 Å². The summed E-state index contributed by atoms with van der Waals surface area (Å²) in [6, 6.07) is 13.8. The third-order valence-electron chi connectivity index (χ3n) is 4.42. The first kappa shape index (κ1) is 19.9. The zero-order chi connectivity index (χ0) is 20.1. The zero-order valence-electron chi connectivity index (χ0n) is 16.5. The lowest BCUT2D eigenvalue weighted by Crippen LogP contribution is -2.24. The second-order valence-corrected chi connectivity index (χ2v) is 7.79. The van der Waals surface area contributed by atoms with Gasteiger partial charge in [0.1, 0.15) is 11.5 Å². The van der Waals surface area contributed by atoms with Gasteiger partial charge in [0.25, 0.3) is 0 Å². The molecule has 0 unspecified atom stereocenters. The van der Waals surface area contributed by atoms with E-state index in [9.17, 15) is 4.79 Å². The molecule has 6 heteroatoms. The largest absolute Gasteiger partial charge is 0.497 e. The highest BCUT2D eigenvalue weighted by atomic mass is 32.1. The zero-order valence-corrected chi connectivity index (χ0v) is 17.4. The fourth-order valence-corrected chi connectivity index (χ4v) is 3.88. The third-order valence-corrected chi connectivity index (χ3v) is 5.39. The van der Waals surface area contributed by atoms with E-state index in [4.69, 9.17) is 9.47 Å². The molecule has 28 heavy (non-hydrogen) atoms. The topological polar surface area (TPSA) is 60.5 Å². The smallest absolute Gasteiger partial charge is 0.225 e. The summed E-state index contributed by atoms with van der Waals surface area (Å²) in [6.07, 6.45) is 0.299. The van der Waals surface area contributed by atoms with Crippen LogP contribution in [0, 0.1) is 13.8 Å². The van der Waals surface area contributed by atoms with Crippen LogP contribution >= 0.6 is 11.3 Å². The van der Waals surface area contributed by atoms with Crippen molar-refractivity contribution >= 4 is 17.2 Å². The summed E-state index contributed by atoms with van der Waals surface area (Å²) in [5.74, 6) is 1.36. The Morgan fingerprint density at radius 1 is 1.07 bits per heavy atom. The molecule has 2 aromatic carbocycles. The van der Waals surface area contributed by atoms with Gasteiger partial charge in [0.15, 0.2) is 0 Å². The minimum absolute atomic E-state index is 0.0464. The fraction of sp³-hybridized carbons (Fsp3) is 0.273. The lowest BCUT2D eigenvalue weighted by molar-refractivity contribution is -0.120. The molecule has 0 saturated heterocycles.